The molecule has 8 heteroatoms. The molecular formula is C18H15N2O6-. The van der Waals surface area contributed by atoms with E-state index >= 15 is 0 Å². The Kier molecular flexibility index (Phi) is 5.69. The zero-order chi connectivity index (χ0) is 19.3. The average molecular weight is 355 g/mol. The van der Waals surface area contributed by atoms with Crippen molar-refractivity contribution >= 4 is 29.9 Å². The van der Waals surface area contributed by atoms with Gasteiger partial charge in [0.25, 0.3) is 18.3 Å². The summed E-state index contributed by atoms with van der Waals surface area (Å²) in [6.45, 7) is 1.92. The second-order valence-corrected chi connectivity index (χ2v) is 5.29. The molecule has 0 aliphatic rings. The van der Waals surface area contributed by atoms with E-state index in [0.717, 1.165) is 17.7 Å². The molecule has 0 unspecified atom stereocenters. The summed E-state index contributed by atoms with van der Waals surface area (Å²) in [6, 6.07) is 8.77. The fourth-order valence-corrected chi connectivity index (χ4v) is 2.23. The summed E-state index contributed by atoms with van der Waals surface area (Å²) >= 11 is 0. The lowest BCUT2D eigenvalue weighted by Gasteiger charge is -2.15. The molecule has 2 amide bonds. The zero-order valence-electron chi connectivity index (χ0n) is 14.0. The molecule has 0 saturated carbocycles. The Balaban J connectivity index is 2.51. The number of carbonyl (C=O) groups excluding carboxylic acids is 4. The quantitative estimate of drug-likeness (QED) is 0.727. The van der Waals surface area contributed by atoms with Crippen molar-refractivity contribution in [2.45, 2.75) is 6.92 Å². The normalized spacial score (nSPS) is 9.92. The molecule has 0 radical (unpaired) electrons. The van der Waals surface area contributed by atoms with Crippen LogP contribution in [0, 0.1) is 6.92 Å². The van der Waals surface area contributed by atoms with Crippen LogP contribution in [0.4, 0.5) is 5.69 Å². The molecule has 134 valence electrons. The van der Waals surface area contributed by atoms with Gasteiger partial charge in [-0.3, -0.25) is 14.4 Å². The second kappa shape index (κ2) is 7.93. The highest BCUT2D eigenvalue weighted by Gasteiger charge is 2.21. The van der Waals surface area contributed by atoms with E-state index in [-0.39, 0.29) is 23.3 Å². The molecule has 0 fully saturated rings. The van der Waals surface area contributed by atoms with Gasteiger partial charge in [-0.05, 0) is 31.2 Å². The van der Waals surface area contributed by atoms with Gasteiger partial charge in [0, 0.05) is 23.9 Å². The smallest absolute Gasteiger partial charge is 0.298 e. The number of carbonyl (C=O) groups is 4. The maximum atomic E-state index is 12.5. The molecule has 0 atom stereocenters. The molecule has 26 heavy (non-hydrogen) atoms. The summed E-state index contributed by atoms with van der Waals surface area (Å²) in [5.74, 6) is -3.37. The number of hydrogen-bond acceptors (Lipinski definition) is 6. The number of aromatic carboxylic acids is 1. The first kappa shape index (κ1) is 18.7. The Bertz CT molecular complexity index is 874. The van der Waals surface area contributed by atoms with Gasteiger partial charge in [0.15, 0.2) is 0 Å². The number of carboxylic acid groups (broad SMARTS) is 1. The molecule has 0 saturated heterocycles. The second-order valence-electron chi connectivity index (χ2n) is 5.29. The summed E-state index contributed by atoms with van der Waals surface area (Å²) < 4.78 is 4.65. The first-order chi connectivity index (χ1) is 12.4. The van der Waals surface area contributed by atoms with Crippen LogP contribution in [0.5, 0.6) is 5.75 Å². The van der Waals surface area contributed by atoms with Crippen LogP contribution in [0.3, 0.4) is 0 Å². The van der Waals surface area contributed by atoms with Crippen LogP contribution in [0.2, 0.25) is 0 Å². The number of rotatable bonds is 6. The highest BCUT2D eigenvalue weighted by atomic mass is 16.5. The lowest BCUT2D eigenvalue weighted by atomic mass is 10.0. The van der Waals surface area contributed by atoms with E-state index in [1.807, 2.05) is 6.92 Å². The van der Waals surface area contributed by atoms with E-state index in [1.165, 1.54) is 7.05 Å². The number of ether oxygens (including phenoxy) is 1. The highest BCUT2D eigenvalue weighted by Crippen LogP contribution is 2.25. The molecule has 0 aromatic heterocycles. The minimum atomic E-state index is -1.65. The molecule has 0 spiro atoms. The van der Waals surface area contributed by atoms with Crippen molar-refractivity contribution in [3.63, 3.8) is 0 Å². The summed E-state index contributed by atoms with van der Waals surface area (Å²) in [4.78, 5) is 46.5. The third-order valence-corrected chi connectivity index (χ3v) is 3.54. The molecular weight excluding hydrogens is 340 g/mol. The van der Waals surface area contributed by atoms with Crippen molar-refractivity contribution in [1.82, 2.24) is 5.32 Å². The summed E-state index contributed by atoms with van der Waals surface area (Å²) in [7, 11) is 1.34. The van der Waals surface area contributed by atoms with E-state index in [1.54, 1.807) is 24.3 Å². The molecule has 0 bridgehead atoms. The molecule has 2 N–H and O–H groups in total. The van der Waals surface area contributed by atoms with Crippen molar-refractivity contribution in [2.75, 3.05) is 12.4 Å². The zero-order valence-corrected chi connectivity index (χ0v) is 14.0. The van der Waals surface area contributed by atoms with Crippen molar-refractivity contribution in [3.8, 4) is 5.75 Å². The van der Waals surface area contributed by atoms with Crippen molar-refractivity contribution in [1.29, 1.82) is 0 Å². The van der Waals surface area contributed by atoms with E-state index in [4.69, 9.17) is 0 Å². The molecule has 0 heterocycles. The van der Waals surface area contributed by atoms with Crippen molar-refractivity contribution < 1.29 is 29.0 Å². The fraction of sp³-hybridized carbons (Fsp3) is 0.111. The maximum Gasteiger partial charge on any atom is 0.298 e. The Labute approximate surface area is 148 Å². The van der Waals surface area contributed by atoms with E-state index in [2.05, 4.69) is 15.4 Å². The first-order valence-corrected chi connectivity index (χ1v) is 7.47. The Hall–Kier alpha value is -3.68. The van der Waals surface area contributed by atoms with Crippen LogP contribution in [0.25, 0.3) is 0 Å². The van der Waals surface area contributed by atoms with Crippen LogP contribution in [-0.4, -0.2) is 31.3 Å². The fourth-order valence-electron chi connectivity index (χ4n) is 2.23. The predicted octanol–water partition coefficient (Wildman–Crippen LogP) is 0.506. The van der Waals surface area contributed by atoms with E-state index in [9.17, 15) is 24.3 Å². The number of nitrogens with one attached hydrogen (secondary N) is 2. The third kappa shape index (κ3) is 4.04. The Morgan fingerprint density at radius 2 is 1.65 bits per heavy atom. The van der Waals surface area contributed by atoms with Crippen molar-refractivity contribution in [3.05, 3.63) is 58.7 Å². The maximum absolute atomic E-state index is 12.5. The lowest BCUT2D eigenvalue weighted by Crippen LogP contribution is -2.28. The number of amides is 2. The SMILES string of the molecule is CNC(=O)c1cc(C(=O)Nc2ccc(C)cc2)c(C(=O)[O-])cc1OC=O. The van der Waals surface area contributed by atoms with Gasteiger partial charge in [-0.1, -0.05) is 17.7 Å². The van der Waals surface area contributed by atoms with Gasteiger partial charge < -0.3 is 25.3 Å². The topological polar surface area (TPSA) is 125 Å². The summed E-state index contributed by atoms with van der Waals surface area (Å²) in [5.41, 5.74) is 0.440. The average Bonchev–Trinajstić information content (AvgIpc) is 2.62. The van der Waals surface area contributed by atoms with Crippen LogP contribution in [0.1, 0.15) is 36.6 Å². The molecule has 2 rings (SSSR count). The third-order valence-electron chi connectivity index (χ3n) is 3.54. The van der Waals surface area contributed by atoms with E-state index in [0.29, 0.717) is 5.69 Å². The van der Waals surface area contributed by atoms with Crippen LogP contribution in [-0.2, 0) is 4.79 Å². The Morgan fingerprint density at radius 3 is 2.19 bits per heavy atom. The lowest BCUT2D eigenvalue weighted by molar-refractivity contribution is -0.255. The number of anilines is 1. The molecule has 0 aliphatic carbocycles. The molecule has 0 aliphatic heterocycles. The predicted molar refractivity (Wildman–Crippen MR) is 90.0 cm³/mol. The largest absolute Gasteiger partial charge is 0.545 e. The standard InChI is InChI=1S/C18H16N2O6/c1-10-3-5-11(6-4-10)20-17(23)12-7-14(16(22)19-2)15(26-9-21)8-13(12)18(24)25/h3-9H,1-2H3,(H,19,22)(H,20,23)(H,24,25)/p-1. The Morgan fingerprint density at radius 1 is 1.00 bits per heavy atom. The van der Waals surface area contributed by atoms with Crippen LogP contribution >= 0.6 is 0 Å². The van der Waals surface area contributed by atoms with Gasteiger partial charge in [0.2, 0.25) is 0 Å². The van der Waals surface area contributed by atoms with Gasteiger partial charge >= 0.3 is 0 Å². The minimum absolute atomic E-state index is 0.0485. The number of carboxylic acids is 1. The van der Waals surface area contributed by atoms with Gasteiger partial charge in [-0.15, -0.1) is 0 Å². The summed E-state index contributed by atoms with van der Waals surface area (Å²) in [5, 5.41) is 16.3. The van der Waals surface area contributed by atoms with Gasteiger partial charge in [0.1, 0.15) is 5.75 Å². The number of benzene rings is 2. The number of hydrogen-bond donors (Lipinski definition) is 2. The molecule has 8 nitrogen and oxygen atoms in total. The molecule has 2 aromatic rings. The molecule has 2 aromatic carbocycles. The van der Waals surface area contributed by atoms with Crippen molar-refractivity contribution in [2.24, 2.45) is 0 Å². The van der Waals surface area contributed by atoms with Gasteiger partial charge in [-0.25, -0.2) is 0 Å². The highest BCUT2D eigenvalue weighted by molar-refractivity contribution is 6.12. The first-order valence-electron chi connectivity index (χ1n) is 7.47. The number of aryl methyl sites for hydroxylation is 1. The minimum Gasteiger partial charge on any atom is -0.545 e. The monoisotopic (exact) mass is 355 g/mol. The summed E-state index contributed by atoms with van der Waals surface area (Å²) in [6.07, 6.45) is 0. The van der Waals surface area contributed by atoms with Gasteiger partial charge in [0.05, 0.1) is 11.5 Å². The van der Waals surface area contributed by atoms with Gasteiger partial charge in [-0.2, -0.15) is 0 Å². The van der Waals surface area contributed by atoms with Crippen LogP contribution in [0.15, 0.2) is 36.4 Å². The van der Waals surface area contributed by atoms with E-state index < -0.39 is 23.3 Å². The van der Waals surface area contributed by atoms with Crippen LogP contribution < -0.4 is 20.5 Å².